The third-order valence-electron chi connectivity index (χ3n) is 6.97. The van der Waals surface area contributed by atoms with Crippen molar-refractivity contribution < 1.29 is 8.83 Å². The second-order valence-corrected chi connectivity index (χ2v) is 9.11. The Morgan fingerprint density at radius 1 is 0.514 bits per heavy atom. The summed E-state index contributed by atoms with van der Waals surface area (Å²) in [6.45, 7) is 0. The molecule has 0 spiro atoms. The molecular weight excluding hydrogens is 458 g/mol. The maximum atomic E-state index is 6.14. The summed E-state index contributed by atoms with van der Waals surface area (Å²) in [6, 6.07) is 35.5. The van der Waals surface area contributed by atoms with Gasteiger partial charge in [0.15, 0.2) is 0 Å². The van der Waals surface area contributed by atoms with Crippen LogP contribution in [0.15, 0.2) is 124 Å². The number of aromatic nitrogens is 2. The monoisotopic (exact) mass is 477 g/mol. The average molecular weight is 478 g/mol. The molecule has 4 aromatic heterocycles. The zero-order chi connectivity index (χ0) is 24.3. The van der Waals surface area contributed by atoms with E-state index in [0.717, 1.165) is 49.8 Å². The molecule has 5 nitrogen and oxygen atoms in total. The number of pyridine rings is 2. The van der Waals surface area contributed by atoms with E-state index >= 15 is 0 Å². The van der Waals surface area contributed by atoms with E-state index in [0.29, 0.717) is 11.4 Å². The average Bonchev–Trinajstić information content (AvgIpc) is 3.52. The molecule has 0 amide bonds. The molecule has 0 saturated heterocycles. The van der Waals surface area contributed by atoms with E-state index in [2.05, 4.69) is 81.6 Å². The lowest BCUT2D eigenvalue weighted by molar-refractivity contribution is 0.653. The fraction of sp³-hybridized carbons (Fsp3) is 0. The minimum Gasteiger partial charge on any atom is -0.438 e. The molecule has 174 valence electrons. The van der Waals surface area contributed by atoms with Crippen molar-refractivity contribution in [1.29, 1.82) is 0 Å². The number of fused-ring (bicyclic) bond motifs is 7. The molecule has 4 heterocycles. The smallest absolute Gasteiger partial charge is 0.227 e. The first-order chi connectivity index (χ1) is 18.3. The van der Waals surface area contributed by atoms with Crippen molar-refractivity contribution in [3.63, 3.8) is 0 Å². The minimum absolute atomic E-state index is 0.630. The summed E-state index contributed by atoms with van der Waals surface area (Å²) in [5.74, 6) is 0. The van der Waals surface area contributed by atoms with E-state index in [4.69, 9.17) is 8.83 Å². The first kappa shape index (κ1) is 20.1. The van der Waals surface area contributed by atoms with Crippen molar-refractivity contribution in [2.75, 3.05) is 4.90 Å². The Labute approximate surface area is 211 Å². The van der Waals surface area contributed by atoms with Gasteiger partial charge < -0.3 is 13.7 Å². The number of furan rings is 2. The molecule has 0 atom stereocenters. The molecule has 0 unspecified atom stereocenters. The van der Waals surface area contributed by atoms with Crippen LogP contribution in [0.25, 0.3) is 54.9 Å². The van der Waals surface area contributed by atoms with Gasteiger partial charge in [-0.15, -0.1) is 0 Å². The number of benzene rings is 4. The van der Waals surface area contributed by atoms with Gasteiger partial charge in [-0.05, 0) is 77.5 Å². The maximum absolute atomic E-state index is 6.14. The molecule has 37 heavy (non-hydrogen) atoms. The van der Waals surface area contributed by atoms with Crippen LogP contribution in [0.1, 0.15) is 0 Å². The molecule has 5 heteroatoms. The molecule has 0 aliphatic carbocycles. The fourth-order valence-corrected chi connectivity index (χ4v) is 5.31. The van der Waals surface area contributed by atoms with Gasteiger partial charge in [0.2, 0.25) is 11.4 Å². The standard InChI is InChI=1S/C32H19N3O2/c1-2-7-21-18-22(13-12-20(21)6-1)35(23-14-15-28-26(19-23)24-8-4-16-33-31(24)36-28)27-10-3-11-29-30(27)25-9-5-17-34-32(25)37-29/h1-19H. The molecule has 4 aromatic carbocycles. The Morgan fingerprint density at radius 2 is 1.24 bits per heavy atom. The molecule has 0 saturated carbocycles. The first-order valence-electron chi connectivity index (χ1n) is 12.2. The van der Waals surface area contributed by atoms with Crippen molar-refractivity contribution in [2.45, 2.75) is 0 Å². The Bertz CT molecular complexity index is 2120. The normalized spacial score (nSPS) is 11.8. The van der Waals surface area contributed by atoms with Crippen molar-refractivity contribution >= 4 is 72.0 Å². The zero-order valence-electron chi connectivity index (χ0n) is 19.6. The third-order valence-corrected chi connectivity index (χ3v) is 6.97. The third kappa shape index (κ3) is 3.04. The highest BCUT2D eigenvalue weighted by atomic mass is 16.3. The SMILES string of the molecule is c1ccc2cc(N(c3ccc4oc5ncccc5c4c3)c3cccc4oc5ncccc5c34)ccc2c1. The summed E-state index contributed by atoms with van der Waals surface area (Å²) >= 11 is 0. The lowest BCUT2D eigenvalue weighted by atomic mass is 10.1. The van der Waals surface area contributed by atoms with E-state index in [1.165, 1.54) is 10.8 Å². The van der Waals surface area contributed by atoms with Gasteiger partial charge in [0, 0.05) is 34.5 Å². The van der Waals surface area contributed by atoms with Crippen LogP contribution in [0, 0.1) is 0 Å². The van der Waals surface area contributed by atoms with Gasteiger partial charge in [-0.25, -0.2) is 9.97 Å². The second-order valence-electron chi connectivity index (χ2n) is 9.11. The topological polar surface area (TPSA) is 55.3 Å². The lowest BCUT2D eigenvalue weighted by Crippen LogP contribution is -2.10. The predicted molar refractivity (Wildman–Crippen MR) is 149 cm³/mol. The van der Waals surface area contributed by atoms with Gasteiger partial charge in [0.1, 0.15) is 11.2 Å². The molecule has 0 aliphatic heterocycles. The van der Waals surface area contributed by atoms with E-state index in [-0.39, 0.29) is 0 Å². The van der Waals surface area contributed by atoms with E-state index in [1.807, 2.05) is 36.4 Å². The Hall–Kier alpha value is -5.16. The summed E-state index contributed by atoms with van der Waals surface area (Å²) in [4.78, 5) is 11.2. The molecule has 0 bridgehead atoms. The number of hydrogen-bond donors (Lipinski definition) is 0. The quantitative estimate of drug-likeness (QED) is 0.254. The molecule has 0 N–H and O–H groups in total. The number of anilines is 3. The summed E-state index contributed by atoms with van der Waals surface area (Å²) < 4.78 is 12.2. The summed E-state index contributed by atoms with van der Waals surface area (Å²) in [5, 5.41) is 6.40. The van der Waals surface area contributed by atoms with Crippen LogP contribution in [0.5, 0.6) is 0 Å². The van der Waals surface area contributed by atoms with Crippen LogP contribution < -0.4 is 4.90 Å². The second kappa shape index (κ2) is 7.67. The van der Waals surface area contributed by atoms with Crippen LogP contribution >= 0.6 is 0 Å². The first-order valence-corrected chi connectivity index (χ1v) is 12.2. The van der Waals surface area contributed by atoms with Gasteiger partial charge in [-0.2, -0.15) is 0 Å². The Balaban J connectivity index is 1.45. The van der Waals surface area contributed by atoms with Crippen LogP contribution in [0.3, 0.4) is 0 Å². The molecule has 0 fully saturated rings. The van der Waals surface area contributed by atoms with Gasteiger partial charge >= 0.3 is 0 Å². The highest BCUT2D eigenvalue weighted by Gasteiger charge is 2.21. The summed E-state index contributed by atoms with van der Waals surface area (Å²) in [6.07, 6.45) is 3.52. The number of rotatable bonds is 3. The van der Waals surface area contributed by atoms with Crippen LogP contribution in [0.4, 0.5) is 17.1 Å². The molecule has 8 aromatic rings. The highest BCUT2D eigenvalue weighted by Crippen LogP contribution is 2.44. The zero-order valence-corrected chi connectivity index (χ0v) is 19.6. The minimum atomic E-state index is 0.630. The lowest BCUT2D eigenvalue weighted by Gasteiger charge is -2.26. The molecule has 0 radical (unpaired) electrons. The van der Waals surface area contributed by atoms with Crippen molar-refractivity contribution in [3.05, 3.63) is 116 Å². The molecule has 8 rings (SSSR count). The highest BCUT2D eigenvalue weighted by molar-refractivity contribution is 6.13. The van der Waals surface area contributed by atoms with Crippen molar-refractivity contribution in [1.82, 2.24) is 9.97 Å². The number of nitrogens with zero attached hydrogens (tertiary/aromatic N) is 3. The van der Waals surface area contributed by atoms with Crippen LogP contribution in [0.2, 0.25) is 0 Å². The van der Waals surface area contributed by atoms with E-state index < -0.39 is 0 Å². The van der Waals surface area contributed by atoms with Crippen molar-refractivity contribution in [2.24, 2.45) is 0 Å². The maximum Gasteiger partial charge on any atom is 0.227 e. The summed E-state index contributed by atoms with van der Waals surface area (Å²) in [5.41, 5.74) is 5.97. The number of hydrogen-bond acceptors (Lipinski definition) is 5. The van der Waals surface area contributed by atoms with Gasteiger partial charge in [0.25, 0.3) is 0 Å². The fourth-order valence-electron chi connectivity index (χ4n) is 5.31. The predicted octanol–water partition coefficient (Wildman–Crippen LogP) is 8.90. The summed E-state index contributed by atoms with van der Waals surface area (Å²) in [7, 11) is 0. The van der Waals surface area contributed by atoms with E-state index in [1.54, 1.807) is 12.4 Å². The largest absolute Gasteiger partial charge is 0.438 e. The Kier molecular flexibility index (Phi) is 4.16. The van der Waals surface area contributed by atoms with Crippen molar-refractivity contribution in [3.8, 4) is 0 Å². The Morgan fingerprint density at radius 3 is 2.14 bits per heavy atom. The van der Waals surface area contributed by atoms with Gasteiger partial charge in [-0.1, -0.05) is 36.4 Å². The van der Waals surface area contributed by atoms with Gasteiger partial charge in [0.05, 0.1) is 16.5 Å². The molecular formula is C32H19N3O2. The van der Waals surface area contributed by atoms with Crippen LogP contribution in [-0.2, 0) is 0 Å². The molecule has 0 aliphatic rings. The van der Waals surface area contributed by atoms with Crippen LogP contribution in [-0.4, -0.2) is 9.97 Å². The van der Waals surface area contributed by atoms with E-state index in [9.17, 15) is 0 Å². The van der Waals surface area contributed by atoms with Gasteiger partial charge in [-0.3, -0.25) is 0 Å².